The third-order valence-corrected chi connectivity index (χ3v) is 4.54. The van der Waals surface area contributed by atoms with E-state index >= 15 is 0 Å². The molecule has 0 radical (unpaired) electrons. The Hall–Kier alpha value is -2.90. The summed E-state index contributed by atoms with van der Waals surface area (Å²) in [6.07, 6.45) is 2.20. The highest BCUT2D eigenvalue weighted by Crippen LogP contribution is 2.18. The Morgan fingerprint density at radius 2 is 2.10 bits per heavy atom. The molecule has 2 N–H and O–H groups in total. The van der Waals surface area contributed by atoms with Crippen molar-refractivity contribution in [1.82, 2.24) is 25.3 Å². The number of nitrogens with one attached hydrogen (secondary N) is 2. The maximum Gasteiger partial charge on any atom is 0.224 e. The molecule has 0 saturated carbocycles. The first-order valence-electron chi connectivity index (χ1n) is 10.3. The molecular formula is C22H33FN6O. The fourth-order valence-corrected chi connectivity index (χ4v) is 3.21. The van der Waals surface area contributed by atoms with Crippen molar-refractivity contribution in [3.8, 4) is 0 Å². The SMILES string of the molecule is CCNC(=NCCNC(=O)Cc1cccc(F)c1)N(C)Cc1cn(C)nc1C(C)C. The van der Waals surface area contributed by atoms with E-state index in [4.69, 9.17) is 0 Å². The van der Waals surface area contributed by atoms with Gasteiger partial charge in [0.25, 0.3) is 0 Å². The molecule has 30 heavy (non-hydrogen) atoms. The highest BCUT2D eigenvalue weighted by Gasteiger charge is 2.15. The molecule has 7 nitrogen and oxygen atoms in total. The Morgan fingerprint density at radius 3 is 2.77 bits per heavy atom. The first-order chi connectivity index (χ1) is 14.3. The van der Waals surface area contributed by atoms with Crippen LogP contribution in [0.5, 0.6) is 0 Å². The largest absolute Gasteiger partial charge is 0.357 e. The summed E-state index contributed by atoms with van der Waals surface area (Å²) in [5.74, 6) is 0.640. The number of hydrogen-bond acceptors (Lipinski definition) is 3. The van der Waals surface area contributed by atoms with Gasteiger partial charge in [0.1, 0.15) is 5.82 Å². The number of benzene rings is 1. The molecule has 2 rings (SSSR count). The first kappa shape index (κ1) is 23.4. The molecule has 1 aromatic heterocycles. The van der Waals surface area contributed by atoms with E-state index in [9.17, 15) is 9.18 Å². The highest BCUT2D eigenvalue weighted by molar-refractivity contribution is 5.80. The second-order valence-corrected chi connectivity index (χ2v) is 7.62. The van der Waals surface area contributed by atoms with E-state index in [0.717, 1.165) is 18.2 Å². The number of amides is 1. The Morgan fingerprint density at radius 1 is 1.33 bits per heavy atom. The van der Waals surface area contributed by atoms with Gasteiger partial charge in [0, 0.05) is 45.5 Å². The number of rotatable bonds is 9. The van der Waals surface area contributed by atoms with E-state index in [1.165, 1.54) is 17.7 Å². The predicted molar refractivity (Wildman–Crippen MR) is 118 cm³/mol. The second-order valence-electron chi connectivity index (χ2n) is 7.62. The molecule has 1 aromatic carbocycles. The lowest BCUT2D eigenvalue weighted by Gasteiger charge is -2.22. The topological polar surface area (TPSA) is 74.6 Å². The lowest BCUT2D eigenvalue weighted by molar-refractivity contribution is -0.120. The normalized spacial score (nSPS) is 11.6. The summed E-state index contributed by atoms with van der Waals surface area (Å²) in [7, 11) is 3.92. The average molecular weight is 417 g/mol. The summed E-state index contributed by atoms with van der Waals surface area (Å²) in [6, 6.07) is 6.08. The number of nitrogens with zero attached hydrogens (tertiary/aromatic N) is 4. The second kappa shape index (κ2) is 11.3. The Labute approximate surface area is 178 Å². The number of aromatic nitrogens is 2. The number of halogens is 1. The van der Waals surface area contributed by atoms with Crippen LogP contribution in [0.1, 0.15) is 43.5 Å². The number of carbonyl (C=O) groups is 1. The molecule has 0 unspecified atom stereocenters. The lowest BCUT2D eigenvalue weighted by atomic mass is 10.1. The van der Waals surface area contributed by atoms with Crippen molar-refractivity contribution in [2.24, 2.45) is 12.0 Å². The van der Waals surface area contributed by atoms with Crippen LogP contribution < -0.4 is 10.6 Å². The quantitative estimate of drug-likeness (QED) is 0.374. The maximum absolute atomic E-state index is 13.2. The average Bonchev–Trinajstić information content (AvgIpc) is 3.04. The number of hydrogen-bond donors (Lipinski definition) is 2. The summed E-state index contributed by atoms with van der Waals surface area (Å²) >= 11 is 0. The molecule has 2 aromatic rings. The van der Waals surface area contributed by atoms with E-state index < -0.39 is 0 Å². The predicted octanol–water partition coefficient (Wildman–Crippen LogP) is 2.44. The van der Waals surface area contributed by atoms with Crippen LogP contribution in [0.25, 0.3) is 0 Å². The van der Waals surface area contributed by atoms with Crippen molar-refractivity contribution in [3.05, 3.63) is 53.1 Å². The minimum atomic E-state index is -0.336. The maximum atomic E-state index is 13.2. The molecule has 0 aliphatic heterocycles. The van der Waals surface area contributed by atoms with Crippen molar-refractivity contribution in [1.29, 1.82) is 0 Å². The van der Waals surface area contributed by atoms with Crippen LogP contribution in [0.2, 0.25) is 0 Å². The van der Waals surface area contributed by atoms with Crippen molar-refractivity contribution >= 4 is 11.9 Å². The minimum absolute atomic E-state index is 0.147. The van der Waals surface area contributed by atoms with Gasteiger partial charge < -0.3 is 15.5 Å². The zero-order valence-corrected chi connectivity index (χ0v) is 18.6. The molecule has 0 atom stereocenters. The first-order valence-corrected chi connectivity index (χ1v) is 10.3. The monoisotopic (exact) mass is 416 g/mol. The number of aryl methyl sites for hydroxylation is 1. The van der Waals surface area contributed by atoms with Crippen LogP contribution in [0.4, 0.5) is 4.39 Å². The van der Waals surface area contributed by atoms with Crippen LogP contribution in [-0.4, -0.2) is 53.2 Å². The molecule has 1 heterocycles. The third-order valence-electron chi connectivity index (χ3n) is 4.54. The lowest BCUT2D eigenvalue weighted by Crippen LogP contribution is -2.39. The van der Waals surface area contributed by atoms with E-state index in [1.807, 2.05) is 31.9 Å². The minimum Gasteiger partial charge on any atom is -0.357 e. The van der Waals surface area contributed by atoms with Gasteiger partial charge in [-0.15, -0.1) is 0 Å². The zero-order valence-electron chi connectivity index (χ0n) is 18.6. The van der Waals surface area contributed by atoms with Gasteiger partial charge in [0.15, 0.2) is 5.96 Å². The van der Waals surface area contributed by atoms with Crippen LogP contribution in [0, 0.1) is 5.82 Å². The van der Waals surface area contributed by atoms with Crippen LogP contribution in [-0.2, 0) is 24.8 Å². The van der Waals surface area contributed by atoms with Gasteiger partial charge in [-0.1, -0.05) is 26.0 Å². The molecular weight excluding hydrogens is 383 g/mol. The number of aliphatic imine (C=N–C) groups is 1. The van der Waals surface area contributed by atoms with Crippen molar-refractivity contribution in [3.63, 3.8) is 0 Å². The smallest absolute Gasteiger partial charge is 0.224 e. The van der Waals surface area contributed by atoms with Crippen LogP contribution in [0.15, 0.2) is 35.5 Å². The summed E-state index contributed by atoms with van der Waals surface area (Å²) in [6.45, 7) is 8.61. The summed E-state index contributed by atoms with van der Waals surface area (Å²) < 4.78 is 15.1. The number of carbonyl (C=O) groups excluding carboxylic acids is 1. The molecule has 0 spiro atoms. The van der Waals surface area contributed by atoms with Crippen LogP contribution >= 0.6 is 0 Å². The Balaban J connectivity index is 1.89. The molecule has 164 valence electrons. The van der Waals surface area contributed by atoms with E-state index in [0.29, 0.717) is 31.1 Å². The summed E-state index contributed by atoms with van der Waals surface area (Å²) in [5.41, 5.74) is 2.91. The number of guanidine groups is 1. The van der Waals surface area contributed by atoms with Gasteiger partial charge in [-0.05, 0) is 30.5 Å². The Bertz CT molecular complexity index is 861. The third kappa shape index (κ3) is 7.17. The molecule has 0 saturated heterocycles. The van der Waals surface area contributed by atoms with Crippen molar-refractivity contribution < 1.29 is 9.18 Å². The molecule has 0 aliphatic carbocycles. The van der Waals surface area contributed by atoms with E-state index in [1.54, 1.807) is 12.1 Å². The molecule has 1 amide bonds. The summed E-state index contributed by atoms with van der Waals surface area (Å²) in [5, 5.41) is 10.7. The van der Waals surface area contributed by atoms with Gasteiger partial charge in [-0.3, -0.25) is 14.5 Å². The fourth-order valence-electron chi connectivity index (χ4n) is 3.21. The Kier molecular flexibility index (Phi) is 8.83. The highest BCUT2D eigenvalue weighted by atomic mass is 19.1. The van der Waals surface area contributed by atoms with Crippen molar-refractivity contribution in [2.45, 2.75) is 39.7 Å². The van der Waals surface area contributed by atoms with Gasteiger partial charge in [-0.25, -0.2) is 4.39 Å². The van der Waals surface area contributed by atoms with Crippen molar-refractivity contribution in [2.75, 3.05) is 26.7 Å². The van der Waals surface area contributed by atoms with E-state index in [-0.39, 0.29) is 18.1 Å². The van der Waals surface area contributed by atoms with Gasteiger partial charge >= 0.3 is 0 Å². The fraction of sp³-hybridized carbons (Fsp3) is 0.500. The van der Waals surface area contributed by atoms with E-state index in [2.05, 4.69) is 39.5 Å². The molecule has 0 bridgehead atoms. The molecule has 0 fully saturated rings. The zero-order chi connectivity index (χ0) is 22.1. The molecule has 0 aliphatic rings. The molecule has 8 heteroatoms. The standard InChI is InChI=1S/C22H33FN6O/c1-6-24-22(28(4)14-18-15-29(5)27-21(18)16(2)3)26-11-10-25-20(30)13-17-8-7-9-19(23)12-17/h7-9,12,15-16H,6,10-11,13-14H2,1-5H3,(H,24,26)(H,25,30). The van der Waals surface area contributed by atoms with Gasteiger partial charge in [0.2, 0.25) is 5.91 Å². The van der Waals surface area contributed by atoms with Crippen LogP contribution in [0.3, 0.4) is 0 Å². The van der Waals surface area contributed by atoms with Gasteiger partial charge in [-0.2, -0.15) is 5.10 Å². The summed E-state index contributed by atoms with van der Waals surface area (Å²) in [4.78, 5) is 18.7. The van der Waals surface area contributed by atoms with Gasteiger partial charge in [0.05, 0.1) is 18.7 Å².